The monoisotopic (exact) mass is 636 g/mol. The summed E-state index contributed by atoms with van der Waals surface area (Å²) in [6, 6.07) is 70.5. The molecule has 10 rings (SSSR count). The molecule has 0 amide bonds. The standard InChI is InChI=1S/C48H32N2/c1-3-12-33(13-4-1)36-15-11-18-38(30-36)50-47-21-10-9-20-44(47)46-32-40(26-29-48(46)50)49(37-16-5-2-6-17-37)39-25-22-35-24-27-42-41-19-8-7-14-34(41)23-28-43(42)45(35)31-39/h1-32H. The maximum atomic E-state index is 2.40. The van der Waals surface area contributed by atoms with Gasteiger partial charge < -0.3 is 9.47 Å². The van der Waals surface area contributed by atoms with Crippen molar-refractivity contribution < 1.29 is 0 Å². The van der Waals surface area contributed by atoms with Gasteiger partial charge in [0.05, 0.1) is 11.0 Å². The van der Waals surface area contributed by atoms with Crippen molar-refractivity contribution in [1.29, 1.82) is 0 Å². The van der Waals surface area contributed by atoms with E-state index in [1.165, 1.54) is 65.3 Å². The Morgan fingerprint density at radius 2 is 0.880 bits per heavy atom. The van der Waals surface area contributed by atoms with Gasteiger partial charge in [0, 0.05) is 33.5 Å². The highest BCUT2D eigenvalue weighted by molar-refractivity contribution is 6.18. The predicted molar refractivity (Wildman–Crippen MR) is 213 cm³/mol. The van der Waals surface area contributed by atoms with Crippen LogP contribution in [0.2, 0.25) is 0 Å². The number of benzene rings is 9. The van der Waals surface area contributed by atoms with Gasteiger partial charge in [-0.25, -0.2) is 0 Å². The maximum Gasteiger partial charge on any atom is 0.0542 e. The van der Waals surface area contributed by atoms with Crippen molar-refractivity contribution in [3.05, 3.63) is 194 Å². The number of hydrogen-bond donors (Lipinski definition) is 0. The van der Waals surface area contributed by atoms with Crippen LogP contribution >= 0.6 is 0 Å². The van der Waals surface area contributed by atoms with Crippen molar-refractivity contribution >= 4 is 71.2 Å². The average molecular weight is 637 g/mol. The lowest BCUT2D eigenvalue weighted by Crippen LogP contribution is -2.09. The highest BCUT2D eigenvalue weighted by atomic mass is 15.1. The molecule has 0 aliphatic heterocycles. The molecule has 0 bridgehead atoms. The van der Waals surface area contributed by atoms with Crippen molar-refractivity contribution in [2.24, 2.45) is 0 Å². The lowest BCUT2D eigenvalue weighted by Gasteiger charge is -2.26. The molecule has 2 nitrogen and oxygen atoms in total. The Hall–Kier alpha value is -6.64. The molecule has 234 valence electrons. The lowest BCUT2D eigenvalue weighted by atomic mass is 9.96. The lowest BCUT2D eigenvalue weighted by molar-refractivity contribution is 1.18. The smallest absolute Gasteiger partial charge is 0.0542 e. The summed E-state index contributed by atoms with van der Waals surface area (Å²) in [5, 5.41) is 10.1. The van der Waals surface area contributed by atoms with E-state index in [4.69, 9.17) is 0 Å². The van der Waals surface area contributed by atoms with Gasteiger partial charge in [0.15, 0.2) is 0 Å². The molecule has 0 N–H and O–H groups in total. The Balaban J connectivity index is 1.18. The molecule has 50 heavy (non-hydrogen) atoms. The molecule has 0 unspecified atom stereocenters. The number of rotatable bonds is 5. The van der Waals surface area contributed by atoms with Crippen molar-refractivity contribution in [1.82, 2.24) is 4.57 Å². The molecule has 0 saturated carbocycles. The Morgan fingerprint density at radius 3 is 1.70 bits per heavy atom. The fraction of sp³-hybridized carbons (Fsp3) is 0. The van der Waals surface area contributed by atoms with E-state index >= 15 is 0 Å². The van der Waals surface area contributed by atoms with Gasteiger partial charge in [0.25, 0.3) is 0 Å². The van der Waals surface area contributed by atoms with Gasteiger partial charge in [0.2, 0.25) is 0 Å². The fourth-order valence-corrected chi connectivity index (χ4v) is 7.80. The quantitative estimate of drug-likeness (QED) is 0.171. The van der Waals surface area contributed by atoms with E-state index < -0.39 is 0 Å². The minimum atomic E-state index is 1.12. The van der Waals surface area contributed by atoms with Crippen LogP contribution in [0.5, 0.6) is 0 Å². The topological polar surface area (TPSA) is 8.17 Å². The second-order valence-corrected chi connectivity index (χ2v) is 13.0. The average Bonchev–Trinajstić information content (AvgIpc) is 3.52. The first-order chi connectivity index (χ1) is 24.8. The first-order valence-corrected chi connectivity index (χ1v) is 17.2. The first-order valence-electron chi connectivity index (χ1n) is 17.2. The number of aromatic nitrogens is 1. The summed E-state index contributed by atoms with van der Waals surface area (Å²) in [5.74, 6) is 0. The number of fused-ring (bicyclic) bond motifs is 8. The van der Waals surface area contributed by atoms with Crippen LogP contribution in [0.4, 0.5) is 17.1 Å². The van der Waals surface area contributed by atoms with E-state index in [9.17, 15) is 0 Å². The second-order valence-electron chi connectivity index (χ2n) is 13.0. The molecule has 0 aliphatic rings. The molecule has 2 heteroatoms. The van der Waals surface area contributed by atoms with Crippen LogP contribution < -0.4 is 4.90 Å². The van der Waals surface area contributed by atoms with E-state index in [1.54, 1.807) is 0 Å². The molecule has 1 aromatic heterocycles. The molecular formula is C48H32N2. The molecule has 0 aliphatic carbocycles. The zero-order chi connectivity index (χ0) is 33.0. The fourth-order valence-electron chi connectivity index (χ4n) is 7.80. The number of anilines is 3. The SMILES string of the molecule is c1ccc(-c2cccc(-n3c4ccccc4c4cc(N(c5ccccc5)c5ccc6ccc7c8ccccc8ccc7c6c5)ccc43)c2)cc1. The van der Waals surface area contributed by atoms with Crippen molar-refractivity contribution in [3.63, 3.8) is 0 Å². The first kappa shape index (κ1) is 28.4. The van der Waals surface area contributed by atoms with Gasteiger partial charge in [-0.05, 0) is 104 Å². The van der Waals surface area contributed by atoms with Crippen molar-refractivity contribution in [2.45, 2.75) is 0 Å². The van der Waals surface area contributed by atoms with E-state index in [0.29, 0.717) is 0 Å². The molecule has 0 saturated heterocycles. The number of hydrogen-bond acceptors (Lipinski definition) is 1. The molecule has 0 atom stereocenters. The van der Waals surface area contributed by atoms with Gasteiger partial charge in [-0.3, -0.25) is 0 Å². The van der Waals surface area contributed by atoms with Crippen LogP contribution in [-0.4, -0.2) is 4.57 Å². The minimum absolute atomic E-state index is 1.12. The zero-order valence-electron chi connectivity index (χ0n) is 27.4. The van der Waals surface area contributed by atoms with Crippen LogP contribution in [0, 0.1) is 0 Å². The third kappa shape index (κ3) is 4.57. The Labute approximate surface area is 290 Å². The van der Waals surface area contributed by atoms with E-state index in [0.717, 1.165) is 22.7 Å². The summed E-state index contributed by atoms with van der Waals surface area (Å²) >= 11 is 0. The van der Waals surface area contributed by atoms with Crippen molar-refractivity contribution in [2.75, 3.05) is 4.90 Å². The normalized spacial score (nSPS) is 11.6. The third-order valence-corrected chi connectivity index (χ3v) is 10.1. The predicted octanol–water partition coefficient (Wildman–Crippen LogP) is 13.4. The Morgan fingerprint density at radius 1 is 0.300 bits per heavy atom. The summed E-state index contributed by atoms with van der Waals surface area (Å²) in [6.45, 7) is 0. The van der Waals surface area contributed by atoms with Crippen LogP contribution in [0.25, 0.3) is 70.9 Å². The van der Waals surface area contributed by atoms with Crippen LogP contribution in [0.1, 0.15) is 0 Å². The molecular weight excluding hydrogens is 605 g/mol. The highest BCUT2D eigenvalue weighted by Crippen LogP contribution is 2.42. The molecule has 0 fully saturated rings. The maximum absolute atomic E-state index is 2.40. The van der Waals surface area contributed by atoms with Gasteiger partial charge in [-0.2, -0.15) is 0 Å². The van der Waals surface area contributed by atoms with Gasteiger partial charge in [-0.15, -0.1) is 0 Å². The summed E-state index contributed by atoms with van der Waals surface area (Å²) in [6.07, 6.45) is 0. The number of para-hydroxylation sites is 2. The van der Waals surface area contributed by atoms with Gasteiger partial charge in [-0.1, -0.05) is 133 Å². The molecule has 1 heterocycles. The summed E-state index contributed by atoms with van der Waals surface area (Å²) in [7, 11) is 0. The van der Waals surface area contributed by atoms with Crippen LogP contribution in [0.15, 0.2) is 194 Å². The number of nitrogens with zero attached hydrogens (tertiary/aromatic N) is 2. The summed E-state index contributed by atoms with van der Waals surface area (Å²) < 4.78 is 2.40. The molecule has 9 aromatic carbocycles. The largest absolute Gasteiger partial charge is 0.310 e. The van der Waals surface area contributed by atoms with E-state index in [1.807, 2.05) is 0 Å². The third-order valence-electron chi connectivity index (χ3n) is 10.1. The van der Waals surface area contributed by atoms with E-state index in [-0.39, 0.29) is 0 Å². The molecule has 10 aromatic rings. The summed E-state index contributed by atoms with van der Waals surface area (Å²) in [5.41, 5.74) is 9.32. The molecule has 0 spiro atoms. The van der Waals surface area contributed by atoms with Crippen LogP contribution in [-0.2, 0) is 0 Å². The Bertz CT molecular complexity index is 2870. The second kappa shape index (κ2) is 11.5. The van der Waals surface area contributed by atoms with Crippen molar-refractivity contribution in [3.8, 4) is 16.8 Å². The Kier molecular flexibility index (Phi) is 6.53. The highest BCUT2D eigenvalue weighted by Gasteiger charge is 2.18. The zero-order valence-corrected chi connectivity index (χ0v) is 27.4. The van der Waals surface area contributed by atoms with Gasteiger partial charge >= 0.3 is 0 Å². The van der Waals surface area contributed by atoms with Gasteiger partial charge in [0.1, 0.15) is 0 Å². The summed E-state index contributed by atoms with van der Waals surface area (Å²) in [4.78, 5) is 2.39. The van der Waals surface area contributed by atoms with E-state index in [2.05, 4.69) is 204 Å². The minimum Gasteiger partial charge on any atom is -0.310 e. The molecule has 0 radical (unpaired) electrons. The van der Waals surface area contributed by atoms with Crippen LogP contribution in [0.3, 0.4) is 0 Å².